The zero-order valence-corrected chi connectivity index (χ0v) is 19.0. The van der Waals surface area contributed by atoms with Crippen LogP contribution in [0.25, 0.3) is 11.3 Å². The lowest BCUT2D eigenvalue weighted by molar-refractivity contribution is 0.0854. The summed E-state index contributed by atoms with van der Waals surface area (Å²) < 4.78 is 19.8. The Bertz CT molecular complexity index is 1090. The van der Waals surface area contributed by atoms with Gasteiger partial charge in [-0.05, 0) is 74.6 Å². The van der Waals surface area contributed by atoms with Gasteiger partial charge in [0.1, 0.15) is 11.9 Å². The summed E-state index contributed by atoms with van der Waals surface area (Å²) in [5.74, 6) is 2.35. The molecule has 6 rings (SSSR count). The molecule has 1 aromatic heterocycles. The van der Waals surface area contributed by atoms with Crippen molar-refractivity contribution in [3.05, 3.63) is 41.2 Å². The van der Waals surface area contributed by atoms with E-state index in [0.29, 0.717) is 52.7 Å². The molecule has 2 unspecified atom stereocenters. The van der Waals surface area contributed by atoms with Gasteiger partial charge in [-0.25, -0.2) is 4.39 Å². The second kappa shape index (κ2) is 8.34. The summed E-state index contributed by atoms with van der Waals surface area (Å²) in [4.78, 5) is 2.66. The van der Waals surface area contributed by atoms with Gasteiger partial charge in [-0.2, -0.15) is 5.26 Å². The standard InChI is InChI=1S/C26H30FN5O/c1-15-2-3-20(27)10-23(15)24-9-16(11-28)26(31-30-24)29-21-6-17-12-32(13-18(17)7-21)14-19-8-22-4-5-25(19)33-22/h2-3,9-10,17-19,21-22,25H,4-8,12-14H2,1H3,(H,29,31)/t17-,18+,19-,21+,22?,25?/m0/s1. The van der Waals surface area contributed by atoms with Gasteiger partial charge in [0.2, 0.25) is 0 Å². The van der Waals surface area contributed by atoms with E-state index in [1.807, 2.05) is 6.92 Å². The predicted molar refractivity (Wildman–Crippen MR) is 123 cm³/mol. The normalized spacial score (nSPS) is 32.8. The quantitative estimate of drug-likeness (QED) is 0.742. The number of nitrogens with one attached hydrogen (secondary N) is 1. The molecular formula is C26H30FN5O. The molecule has 0 radical (unpaired) electrons. The van der Waals surface area contributed by atoms with Gasteiger partial charge in [-0.15, -0.1) is 10.2 Å². The van der Waals surface area contributed by atoms with Crippen LogP contribution >= 0.6 is 0 Å². The number of anilines is 1. The van der Waals surface area contributed by atoms with E-state index in [9.17, 15) is 9.65 Å². The molecule has 3 saturated heterocycles. The number of rotatable bonds is 5. The van der Waals surface area contributed by atoms with Crippen molar-refractivity contribution >= 4 is 5.82 Å². The summed E-state index contributed by atoms with van der Waals surface area (Å²) in [6.45, 7) is 5.44. The Hall–Kier alpha value is -2.56. The maximum atomic E-state index is 13.7. The zero-order chi connectivity index (χ0) is 22.5. The van der Waals surface area contributed by atoms with E-state index in [4.69, 9.17) is 4.74 Å². The second-order valence-corrected chi connectivity index (χ2v) is 10.5. The predicted octanol–water partition coefficient (Wildman–Crippen LogP) is 4.15. The molecule has 3 aliphatic heterocycles. The van der Waals surface area contributed by atoms with E-state index < -0.39 is 0 Å². The van der Waals surface area contributed by atoms with Crippen LogP contribution in [0.3, 0.4) is 0 Å². The number of nitriles is 1. The molecule has 0 amide bonds. The van der Waals surface area contributed by atoms with Crippen molar-refractivity contribution in [2.75, 3.05) is 25.0 Å². The third kappa shape index (κ3) is 4.00. The summed E-state index contributed by atoms with van der Waals surface area (Å²) >= 11 is 0. The van der Waals surface area contributed by atoms with Crippen molar-refractivity contribution in [1.82, 2.24) is 15.1 Å². The van der Waals surface area contributed by atoms with E-state index in [1.165, 1.54) is 51.0 Å². The highest BCUT2D eigenvalue weighted by atomic mass is 19.1. The number of ether oxygens (including phenoxy) is 1. The average Bonchev–Trinajstić information content (AvgIpc) is 3.57. The van der Waals surface area contributed by atoms with Crippen molar-refractivity contribution in [1.29, 1.82) is 5.26 Å². The minimum Gasteiger partial charge on any atom is -0.375 e. The van der Waals surface area contributed by atoms with Crippen LogP contribution in [0.5, 0.6) is 0 Å². The van der Waals surface area contributed by atoms with Crippen molar-refractivity contribution in [2.24, 2.45) is 17.8 Å². The Labute approximate surface area is 194 Å². The molecule has 1 aliphatic carbocycles. The highest BCUT2D eigenvalue weighted by Crippen LogP contribution is 2.43. The minimum atomic E-state index is -0.322. The molecule has 2 aromatic rings. The van der Waals surface area contributed by atoms with Gasteiger partial charge >= 0.3 is 0 Å². The van der Waals surface area contributed by atoms with Crippen LogP contribution in [0, 0.1) is 41.8 Å². The summed E-state index contributed by atoms with van der Waals surface area (Å²) in [5.41, 5.74) is 2.55. The fourth-order valence-electron chi connectivity index (χ4n) is 6.71. The van der Waals surface area contributed by atoms with Gasteiger partial charge in [0, 0.05) is 37.2 Å². The molecule has 6 nitrogen and oxygen atoms in total. The highest BCUT2D eigenvalue weighted by molar-refractivity contribution is 5.67. The summed E-state index contributed by atoms with van der Waals surface area (Å²) in [5, 5.41) is 21.9. The monoisotopic (exact) mass is 447 g/mol. The number of nitrogens with zero attached hydrogens (tertiary/aromatic N) is 4. The SMILES string of the molecule is Cc1ccc(F)cc1-c1cc(C#N)c(N[C@H]2C[C@@H]3CN(C[C@@H]4CC5CCC4O5)C[C@@H]3C2)nn1. The maximum absolute atomic E-state index is 13.7. The molecule has 7 heteroatoms. The summed E-state index contributed by atoms with van der Waals surface area (Å²) in [6, 6.07) is 8.87. The first-order valence-electron chi connectivity index (χ1n) is 12.2. The molecule has 2 bridgehead atoms. The number of hydrogen-bond acceptors (Lipinski definition) is 6. The lowest BCUT2D eigenvalue weighted by Crippen LogP contribution is -2.33. The molecule has 1 N–H and O–H groups in total. The summed E-state index contributed by atoms with van der Waals surface area (Å²) in [7, 11) is 0. The van der Waals surface area contributed by atoms with Gasteiger partial charge in [-0.3, -0.25) is 0 Å². The second-order valence-electron chi connectivity index (χ2n) is 10.5. The van der Waals surface area contributed by atoms with E-state index in [-0.39, 0.29) is 5.82 Å². The van der Waals surface area contributed by atoms with Gasteiger partial charge in [0.25, 0.3) is 0 Å². The number of halogens is 1. The van der Waals surface area contributed by atoms with Crippen molar-refractivity contribution in [2.45, 2.75) is 57.3 Å². The maximum Gasteiger partial charge on any atom is 0.166 e. The lowest BCUT2D eigenvalue weighted by Gasteiger charge is -2.26. The largest absolute Gasteiger partial charge is 0.375 e. The molecule has 4 heterocycles. The van der Waals surface area contributed by atoms with Crippen LogP contribution in [0.15, 0.2) is 24.3 Å². The van der Waals surface area contributed by atoms with Crippen molar-refractivity contribution in [3.63, 3.8) is 0 Å². The Morgan fingerprint density at radius 2 is 1.97 bits per heavy atom. The van der Waals surface area contributed by atoms with Crippen LogP contribution in [-0.4, -0.2) is 53.0 Å². The minimum absolute atomic E-state index is 0.316. The third-order valence-electron chi connectivity index (χ3n) is 8.28. The Balaban J connectivity index is 1.08. The topological polar surface area (TPSA) is 74.1 Å². The molecule has 1 aromatic carbocycles. The lowest BCUT2D eigenvalue weighted by atomic mass is 9.89. The number of aromatic nitrogens is 2. The van der Waals surface area contributed by atoms with E-state index in [0.717, 1.165) is 24.3 Å². The van der Waals surface area contributed by atoms with Crippen LogP contribution < -0.4 is 5.32 Å². The summed E-state index contributed by atoms with van der Waals surface area (Å²) in [6.07, 6.45) is 7.01. The Morgan fingerprint density at radius 3 is 2.67 bits per heavy atom. The zero-order valence-electron chi connectivity index (χ0n) is 19.0. The molecule has 172 valence electrons. The first-order chi connectivity index (χ1) is 16.1. The van der Waals surface area contributed by atoms with Gasteiger partial charge in [0.15, 0.2) is 5.82 Å². The molecule has 4 fully saturated rings. The third-order valence-corrected chi connectivity index (χ3v) is 8.28. The fraction of sp³-hybridized carbons (Fsp3) is 0.577. The molecule has 1 saturated carbocycles. The van der Waals surface area contributed by atoms with E-state index in [2.05, 4.69) is 26.5 Å². The number of fused-ring (bicyclic) bond motifs is 3. The van der Waals surface area contributed by atoms with Crippen LogP contribution in [0.4, 0.5) is 10.2 Å². The van der Waals surface area contributed by atoms with Crippen molar-refractivity contribution in [3.8, 4) is 17.3 Å². The van der Waals surface area contributed by atoms with Gasteiger partial charge in [-0.1, -0.05) is 6.07 Å². The number of likely N-dealkylation sites (tertiary alicyclic amines) is 1. The van der Waals surface area contributed by atoms with Gasteiger partial charge in [0.05, 0.1) is 23.5 Å². The molecule has 4 aliphatic rings. The Kier molecular flexibility index (Phi) is 5.31. The van der Waals surface area contributed by atoms with Crippen LogP contribution in [0.1, 0.15) is 43.2 Å². The van der Waals surface area contributed by atoms with Crippen molar-refractivity contribution < 1.29 is 9.13 Å². The van der Waals surface area contributed by atoms with E-state index in [1.54, 1.807) is 12.1 Å². The molecule has 33 heavy (non-hydrogen) atoms. The average molecular weight is 448 g/mol. The first-order valence-corrected chi connectivity index (χ1v) is 12.2. The number of hydrogen-bond donors (Lipinski definition) is 1. The molecule has 0 spiro atoms. The van der Waals surface area contributed by atoms with Crippen LogP contribution in [0.2, 0.25) is 0 Å². The molecular weight excluding hydrogens is 417 g/mol. The Morgan fingerprint density at radius 1 is 1.15 bits per heavy atom. The fourth-order valence-corrected chi connectivity index (χ4v) is 6.71. The highest BCUT2D eigenvalue weighted by Gasteiger charge is 2.45. The van der Waals surface area contributed by atoms with E-state index >= 15 is 0 Å². The van der Waals surface area contributed by atoms with Crippen LogP contribution in [-0.2, 0) is 4.74 Å². The first kappa shape index (κ1) is 21.0. The number of aryl methyl sites for hydroxylation is 1. The smallest absolute Gasteiger partial charge is 0.166 e. The van der Waals surface area contributed by atoms with Gasteiger partial charge < -0.3 is 15.0 Å². The number of benzene rings is 1. The molecule has 6 atom stereocenters.